The first-order valence-electron chi connectivity index (χ1n) is 7.35. The van der Waals surface area contributed by atoms with E-state index in [1.807, 2.05) is 0 Å². The highest BCUT2D eigenvalue weighted by atomic mass is 16.4. The second kappa shape index (κ2) is 5.90. The number of carbonyl (C=O) groups is 2. The summed E-state index contributed by atoms with van der Waals surface area (Å²) in [4.78, 5) is 25.7. The number of likely N-dealkylation sites (tertiary alicyclic amines) is 1. The van der Waals surface area contributed by atoms with Crippen LogP contribution in [-0.4, -0.2) is 41.0 Å². The molecule has 0 aromatic heterocycles. The molecule has 2 fully saturated rings. The summed E-state index contributed by atoms with van der Waals surface area (Å²) in [6.07, 6.45) is 7.17. The second-order valence-corrected chi connectivity index (χ2v) is 5.89. The van der Waals surface area contributed by atoms with Gasteiger partial charge in [0.25, 0.3) is 0 Å². The standard InChI is InChI=1S/C14H24N2O3/c15-10-14(7-3-1-4-8-14)13(19)16-9-5-2-6-11(16)12(17)18/h11H,1-10,15H2,(H,17,18)/t11-/m0/s1. The van der Waals surface area contributed by atoms with E-state index in [0.717, 1.165) is 44.9 Å². The Hall–Kier alpha value is -1.10. The molecule has 19 heavy (non-hydrogen) atoms. The van der Waals surface area contributed by atoms with Crippen LogP contribution in [0.2, 0.25) is 0 Å². The zero-order valence-electron chi connectivity index (χ0n) is 11.4. The first-order chi connectivity index (χ1) is 9.10. The summed E-state index contributed by atoms with van der Waals surface area (Å²) in [5.41, 5.74) is 5.38. The lowest BCUT2D eigenvalue weighted by Crippen LogP contribution is -2.56. The molecule has 1 amide bonds. The van der Waals surface area contributed by atoms with Gasteiger partial charge in [-0.05, 0) is 32.1 Å². The highest BCUT2D eigenvalue weighted by Gasteiger charge is 2.44. The predicted octanol–water partition coefficient (Wildman–Crippen LogP) is 1.36. The summed E-state index contributed by atoms with van der Waals surface area (Å²) < 4.78 is 0. The second-order valence-electron chi connectivity index (χ2n) is 5.89. The monoisotopic (exact) mass is 268 g/mol. The number of carboxylic acid groups (broad SMARTS) is 1. The molecular formula is C14H24N2O3. The van der Waals surface area contributed by atoms with Crippen molar-refractivity contribution >= 4 is 11.9 Å². The lowest BCUT2D eigenvalue weighted by atomic mass is 9.72. The van der Waals surface area contributed by atoms with Crippen molar-refractivity contribution in [2.24, 2.45) is 11.1 Å². The van der Waals surface area contributed by atoms with E-state index in [1.165, 1.54) is 0 Å². The Morgan fingerprint density at radius 2 is 1.84 bits per heavy atom. The zero-order valence-corrected chi connectivity index (χ0v) is 11.4. The molecular weight excluding hydrogens is 244 g/mol. The first kappa shape index (κ1) is 14.3. The van der Waals surface area contributed by atoms with Crippen LogP contribution in [0.3, 0.4) is 0 Å². The number of hydrogen-bond donors (Lipinski definition) is 2. The van der Waals surface area contributed by atoms with Crippen molar-refractivity contribution < 1.29 is 14.7 Å². The molecule has 0 unspecified atom stereocenters. The van der Waals surface area contributed by atoms with Gasteiger partial charge in [-0.2, -0.15) is 0 Å². The Morgan fingerprint density at radius 1 is 1.16 bits per heavy atom. The fourth-order valence-electron chi connectivity index (χ4n) is 3.47. The van der Waals surface area contributed by atoms with E-state index < -0.39 is 17.4 Å². The number of amides is 1. The number of carboxylic acids is 1. The lowest BCUT2D eigenvalue weighted by molar-refractivity contribution is -0.158. The molecule has 1 aliphatic carbocycles. The molecule has 1 aliphatic heterocycles. The highest BCUT2D eigenvalue weighted by molar-refractivity contribution is 5.88. The van der Waals surface area contributed by atoms with Crippen molar-refractivity contribution in [1.29, 1.82) is 0 Å². The summed E-state index contributed by atoms with van der Waals surface area (Å²) in [6, 6.07) is -0.647. The van der Waals surface area contributed by atoms with Crippen LogP contribution in [0.1, 0.15) is 51.4 Å². The van der Waals surface area contributed by atoms with E-state index in [-0.39, 0.29) is 5.91 Å². The Kier molecular flexibility index (Phi) is 4.45. The number of carbonyl (C=O) groups excluding carboxylic acids is 1. The Bertz CT molecular complexity index is 351. The SMILES string of the molecule is NCC1(C(=O)N2CCCC[C@H]2C(=O)O)CCCCC1. The van der Waals surface area contributed by atoms with Crippen LogP contribution in [0.5, 0.6) is 0 Å². The van der Waals surface area contributed by atoms with Crippen LogP contribution in [0.4, 0.5) is 0 Å². The summed E-state index contributed by atoms with van der Waals surface area (Å²) in [7, 11) is 0. The zero-order chi connectivity index (χ0) is 13.9. The van der Waals surface area contributed by atoms with E-state index >= 15 is 0 Å². The third-order valence-corrected chi connectivity index (χ3v) is 4.70. The van der Waals surface area contributed by atoms with Crippen molar-refractivity contribution in [2.45, 2.75) is 57.4 Å². The van der Waals surface area contributed by atoms with Crippen LogP contribution in [0.25, 0.3) is 0 Å². The molecule has 2 rings (SSSR count). The molecule has 1 saturated heterocycles. The summed E-state index contributed by atoms with van der Waals surface area (Å²) >= 11 is 0. The highest BCUT2D eigenvalue weighted by Crippen LogP contribution is 2.38. The Morgan fingerprint density at radius 3 is 2.42 bits per heavy atom. The molecule has 0 aromatic rings. The lowest BCUT2D eigenvalue weighted by Gasteiger charge is -2.42. The number of hydrogen-bond acceptors (Lipinski definition) is 3. The van der Waals surface area contributed by atoms with Gasteiger partial charge in [-0.3, -0.25) is 4.79 Å². The average Bonchev–Trinajstić information content (AvgIpc) is 2.47. The Balaban J connectivity index is 2.17. The van der Waals surface area contributed by atoms with Crippen molar-refractivity contribution in [1.82, 2.24) is 4.90 Å². The number of aliphatic carboxylic acids is 1. The quantitative estimate of drug-likeness (QED) is 0.809. The maximum atomic E-state index is 12.8. The topological polar surface area (TPSA) is 83.6 Å². The van der Waals surface area contributed by atoms with Crippen LogP contribution >= 0.6 is 0 Å². The smallest absolute Gasteiger partial charge is 0.326 e. The summed E-state index contributed by atoms with van der Waals surface area (Å²) in [5, 5.41) is 9.29. The maximum absolute atomic E-state index is 12.8. The molecule has 1 saturated carbocycles. The predicted molar refractivity (Wildman–Crippen MR) is 71.6 cm³/mol. The molecule has 0 aromatic carbocycles. The van der Waals surface area contributed by atoms with E-state index in [4.69, 9.17) is 5.73 Å². The molecule has 0 spiro atoms. The third kappa shape index (κ3) is 2.76. The van der Waals surface area contributed by atoms with Gasteiger partial charge in [-0.15, -0.1) is 0 Å². The van der Waals surface area contributed by atoms with Gasteiger partial charge < -0.3 is 15.7 Å². The molecule has 1 heterocycles. The number of nitrogens with zero attached hydrogens (tertiary/aromatic N) is 1. The van der Waals surface area contributed by atoms with Gasteiger partial charge >= 0.3 is 5.97 Å². The normalized spacial score (nSPS) is 27.0. The van der Waals surface area contributed by atoms with Crippen LogP contribution in [0, 0.1) is 5.41 Å². The molecule has 5 heteroatoms. The van der Waals surface area contributed by atoms with Crippen molar-refractivity contribution in [2.75, 3.05) is 13.1 Å². The molecule has 2 aliphatic rings. The number of piperidine rings is 1. The summed E-state index contributed by atoms with van der Waals surface area (Å²) in [5.74, 6) is -0.891. The molecule has 3 N–H and O–H groups in total. The average molecular weight is 268 g/mol. The van der Waals surface area contributed by atoms with Crippen LogP contribution in [-0.2, 0) is 9.59 Å². The first-order valence-corrected chi connectivity index (χ1v) is 7.35. The van der Waals surface area contributed by atoms with Crippen LogP contribution in [0.15, 0.2) is 0 Å². The van der Waals surface area contributed by atoms with E-state index in [2.05, 4.69) is 0 Å². The van der Waals surface area contributed by atoms with E-state index in [1.54, 1.807) is 4.90 Å². The van der Waals surface area contributed by atoms with E-state index in [9.17, 15) is 14.7 Å². The van der Waals surface area contributed by atoms with Gasteiger partial charge in [0.2, 0.25) is 5.91 Å². The van der Waals surface area contributed by atoms with Gasteiger partial charge in [0.15, 0.2) is 0 Å². The van der Waals surface area contributed by atoms with Gasteiger partial charge in [0.05, 0.1) is 5.41 Å². The van der Waals surface area contributed by atoms with Gasteiger partial charge in [0, 0.05) is 13.1 Å². The van der Waals surface area contributed by atoms with E-state index in [0.29, 0.717) is 19.5 Å². The molecule has 108 valence electrons. The Labute approximate surface area is 114 Å². The van der Waals surface area contributed by atoms with Crippen molar-refractivity contribution in [3.05, 3.63) is 0 Å². The van der Waals surface area contributed by atoms with Crippen molar-refractivity contribution in [3.8, 4) is 0 Å². The maximum Gasteiger partial charge on any atom is 0.326 e. The summed E-state index contributed by atoms with van der Waals surface area (Å²) in [6.45, 7) is 0.909. The third-order valence-electron chi connectivity index (χ3n) is 4.70. The van der Waals surface area contributed by atoms with Crippen LogP contribution < -0.4 is 5.73 Å². The van der Waals surface area contributed by atoms with Gasteiger partial charge in [0.1, 0.15) is 6.04 Å². The molecule has 1 atom stereocenters. The molecule has 0 radical (unpaired) electrons. The number of rotatable bonds is 3. The molecule has 5 nitrogen and oxygen atoms in total. The largest absolute Gasteiger partial charge is 0.480 e. The number of nitrogens with two attached hydrogens (primary N) is 1. The van der Waals surface area contributed by atoms with Crippen molar-refractivity contribution in [3.63, 3.8) is 0 Å². The minimum absolute atomic E-state index is 0.0122. The molecule has 0 bridgehead atoms. The fourth-order valence-corrected chi connectivity index (χ4v) is 3.47. The minimum atomic E-state index is -0.879. The van der Waals surface area contributed by atoms with Gasteiger partial charge in [-0.1, -0.05) is 19.3 Å². The minimum Gasteiger partial charge on any atom is -0.480 e. The van der Waals surface area contributed by atoms with Gasteiger partial charge in [-0.25, -0.2) is 4.79 Å². The fraction of sp³-hybridized carbons (Fsp3) is 0.857.